The lowest BCUT2D eigenvalue weighted by atomic mass is 10.2. The summed E-state index contributed by atoms with van der Waals surface area (Å²) in [6.07, 6.45) is -0.505. The van der Waals surface area contributed by atoms with Crippen LogP contribution in [0.2, 0.25) is 0 Å². The highest BCUT2D eigenvalue weighted by Crippen LogP contribution is 2.23. The Morgan fingerprint density at radius 3 is 2.85 bits per heavy atom. The highest BCUT2D eigenvalue weighted by Gasteiger charge is 2.05. The minimum absolute atomic E-state index is 0.325. The number of hydrogen-bond donors (Lipinski definition) is 2. The van der Waals surface area contributed by atoms with Gasteiger partial charge in [-0.25, -0.2) is 4.98 Å². The number of methoxy groups -OCH3 is 2. The van der Waals surface area contributed by atoms with Crippen molar-refractivity contribution in [3.8, 4) is 5.75 Å². The number of pyridine rings is 1. The molecule has 5 heteroatoms. The van der Waals surface area contributed by atoms with Gasteiger partial charge >= 0.3 is 0 Å². The van der Waals surface area contributed by atoms with E-state index in [0.717, 1.165) is 22.3 Å². The average molecular weight is 276 g/mol. The molecule has 108 valence electrons. The molecule has 0 aliphatic rings. The van der Waals surface area contributed by atoms with E-state index in [2.05, 4.69) is 10.3 Å². The van der Waals surface area contributed by atoms with Gasteiger partial charge in [-0.05, 0) is 12.1 Å². The number of fused-ring (bicyclic) bond motifs is 1. The van der Waals surface area contributed by atoms with Crippen LogP contribution in [0.15, 0.2) is 30.3 Å². The minimum Gasteiger partial charge on any atom is -0.494 e. The Labute approximate surface area is 118 Å². The molecule has 2 N–H and O–H groups in total. The molecular weight excluding hydrogens is 256 g/mol. The van der Waals surface area contributed by atoms with Crippen molar-refractivity contribution in [3.63, 3.8) is 0 Å². The van der Waals surface area contributed by atoms with Gasteiger partial charge in [-0.2, -0.15) is 0 Å². The summed E-state index contributed by atoms with van der Waals surface area (Å²) in [5.74, 6) is 0.767. The SMILES string of the molecule is COCC(O)CNCc1ccc2cccc(OC)c2n1. The molecule has 1 aromatic heterocycles. The first kappa shape index (κ1) is 14.7. The van der Waals surface area contributed by atoms with Crippen molar-refractivity contribution in [2.75, 3.05) is 27.4 Å². The fourth-order valence-electron chi connectivity index (χ4n) is 2.04. The third kappa shape index (κ3) is 3.66. The number of aliphatic hydroxyl groups is 1. The molecule has 0 aliphatic heterocycles. The van der Waals surface area contributed by atoms with E-state index >= 15 is 0 Å². The Morgan fingerprint density at radius 1 is 1.25 bits per heavy atom. The Hall–Kier alpha value is -1.69. The van der Waals surface area contributed by atoms with Crippen molar-refractivity contribution < 1.29 is 14.6 Å². The first-order valence-electron chi connectivity index (χ1n) is 6.55. The van der Waals surface area contributed by atoms with E-state index in [0.29, 0.717) is 19.7 Å². The molecule has 1 heterocycles. The molecule has 2 aromatic rings. The van der Waals surface area contributed by atoms with Gasteiger partial charge in [0.1, 0.15) is 11.3 Å². The standard InChI is InChI=1S/C15H20N2O3/c1-19-10-13(18)9-16-8-12-7-6-11-4-3-5-14(20-2)15(11)17-12/h3-7,13,16,18H,8-10H2,1-2H3. The van der Waals surface area contributed by atoms with E-state index in [-0.39, 0.29) is 0 Å². The van der Waals surface area contributed by atoms with Crippen LogP contribution in [-0.2, 0) is 11.3 Å². The molecule has 0 spiro atoms. The summed E-state index contributed by atoms with van der Waals surface area (Å²) >= 11 is 0. The number of aromatic nitrogens is 1. The molecule has 0 radical (unpaired) electrons. The fourth-order valence-corrected chi connectivity index (χ4v) is 2.04. The largest absolute Gasteiger partial charge is 0.494 e. The number of hydrogen-bond acceptors (Lipinski definition) is 5. The zero-order chi connectivity index (χ0) is 14.4. The lowest BCUT2D eigenvalue weighted by molar-refractivity contribution is 0.0643. The van der Waals surface area contributed by atoms with Crippen LogP contribution < -0.4 is 10.1 Å². The Bertz CT molecular complexity index is 560. The Morgan fingerprint density at radius 2 is 2.10 bits per heavy atom. The second-order valence-electron chi connectivity index (χ2n) is 4.57. The first-order valence-corrected chi connectivity index (χ1v) is 6.55. The summed E-state index contributed by atoms with van der Waals surface area (Å²) in [7, 11) is 3.21. The Balaban J connectivity index is 2.04. The van der Waals surface area contributed by atoms with Gasteiger partial charge in [-0.15, -0.1) is 0 Å². The van der Waals surface area contributed by atoms with Gasteiger partial charge in [0.15, 0.2) is 0 Å². The topological polar surface area (TPSA) is 63.6 Å². The lowest BCUT2D eigenvalue weighted by Gasteiger charge is -2.11. The highest BCUT2D eigenvalue weighted by atomic mass is 16.5. The molecule has 1 atom stereocenters. The molecule has 0 fully saturated rings. The van der Waals surface area contributed by atoms with Crippen molar-refractivity contribution in [2.45, 2.75) is 12.6 Å². The molecule has 1 unspecified atom stereocenters. The fraction of sp³-hybridized carbons (Fsp3) is 0.400. The first-order chi connectivity index (χ1) is 9.74. The van der Waals surface area contributed by atoms with Crippen molar-refractivity contribution in [3.05, 3.63) is 36.0 Å². The molecule has 0 saturated heterocycles. The predicted octanol–water partition coefficient (Wildman–Crippen LogP) is 1.34. The molecular formula is C15H20N2O3. The van der Waals surface area contributed by atoms with Crippen LogP contribution >= 0.6 is 0 Å². The third-order valence-corrected chi connectivity index (χ3v) is 3.01. The second kappa shape index (κ2) is 7.19. The maximum atomic E-state index is 9.55. The predicted molar refractivity (Wildman–Crippen MR) is 77.9 cm³/mol. The van der Waals surface area contributed by atoms with E-state index in [1.165, 1.54) is 0 Å². The zero-order valence-electron chi connectivity index (χ0n) is 11.8. The van der Waals surface area contributed by atoms with Crippen molar-refractivity contribution >= 4 is 10.9 Å². The number of benzene rings is 1. The summed E-state index contributed by atoms with van der Waals surface area (Å²) in [6.45, 7) is 1.39. The average Bonchev–Trinajstić information content (AvgIpc) is 2.47. The molecule has 20 heavy (non-hydrogen) atoms. The van der Waals surface area contributed by atoms with Crippen LogP contribution in [0.5, 0.6) is 5.75 Å². The van der Waals surface area contributed by atoms with Gasteiger partial charge in [0.25, 0.3) is 0 Å². The highest BCUT2D eigenvalue weighted by molar-refractivity contribution is 5.84. The normalized spacial score (nSPS) is 12.6. The summed E-state index contributed by atoms with van der Waals surface area (Å²) < 4.78 is 10.2. The minimum atomic E-state index is -0.505. The molecule has 0 aliphatic carbocycles. The van der Waals surface area contributed by atoms with Crippen LogP contribution in [0.4, 0.5) is 0 Å². The van der Waals surface area contributed by atoms with Crippen molar-refractivity contribution in [1.82, 2.24) is 10.3 Å². The van der Waals surface area contributed by atoms with Gasteiger partial charge in [0.2, 0.25) is 0 Å². The van der Waals surface area contributed by atoms with Crippen molar-refractivity contribution in [1.29, 1.82) is 0 Å². The maximum Gasteiger partial charge on any atom is 0.145 e. The number of aliphatic hydroxyl groups excluding tert-OH is 1. The third-order valence-electron chi connectivity index (χ3n) is 3.01. The molecule has 0 saturated carbocycles. The van der Waals surface area contributed by atoms with Gasteiger partial charge < -0.3 is 19.9 Å². The van der Waals surface area contributed by atoms with Gasteiger partial charge in [-0.1, -0.05) is 18.2 Å². The maximum absolute atomic E-state index is 9.55. The van der Waals surface area contributed by atoms with E-state index in [1.54, 1.807) is 14.2 Å². The van der Waals surface area contributed by atoms with Crippen LogP contribution in [0.25, 0.3) is 10.9 Å². The number of ether oxygens (including phenoxy) is 2. The smallest absolute Gasteiger partial charge is 0.145 e. The number of rotatable bonds is 7. The van der Waals surface area contributed by atoms with Crippen LogP contribution in [-0.4, -0.2) is 43.6 Å². The number of para-hydroxylation sites is 1. The van der Waals surface area contributed by atoms with E-state index in [9.17, 15) is 5.11 Å². The van der Waals surface area contributed by atoms with Gasteiger partial charge in [0.05, 0.1) is 25.5 Å². The Kier molecular flexibility index (Phi) is 5.29. The van der Waals surface area contributed by atoms with E-state index in [1.807, 2.05) is 30.3 Å². The van der Waals surface area contributed by atoms with Crippen molar-refractivity contribution in [2.24, 2.45) is 0 Å². The summed E-state index contributed by atoms with van der Waals surface area (Å²) in [6, 6.07) is 9.84. The summed E-state index contributed by atoms with van der Waals surface area (Å²) in [5.41, 5.74) is 1.76. The monoisotopic (exact) mass is 276 g/mol. The second-order valence-corrected chi connectivity index (χ2v) is 4.57. The van der Waals surface area contributed by atoms with Crippen LogP contribution in [0, 0.1) is 0 Å². The summed E-state index contributed by atoms with van der Waals surface area (Å²) in [5, 5.41) is 13.8. The molecule has 2 rings (SSSR count). The molecule has 0 amide bonds. The molecule has 5 nitrogen and oxygen atoms in total. The van der Waals surface area contributed by atoms with Crippen LogP contribution in [0.1, 0.15) is 5.69 Å². The zero-order valence-corrected chi connectivity index (χ0v) is 11.8. The van der Waals surface area contributed by atoms with Crippen LogP contribution in [0.3, 0.4) is 0 Å². The summed E-state index contributed by atoms with van der Waals surface area (Å²) in [4.78, 5) is 4.59. The lowest BCUT2D eigenvalue weighted by Crippen LogP contribution is -2.29. The molecule has 0 bridgehead atoms. The molecule has 1 aromatic carbocycles. The number of nitrogens with zero attached hydrogens (tertiary/aromatic N) is 1. The van der Waals surface area contributed by atoms with Gasteiger partial charge in [0, 0.05) is 25.6 Å². The number of nitrogens with one attached hydrogen (secondary N) is 1. The van der Waals surface area contributed by atoms with E-state index < -0.39 is 6.10 Å². The quantitative estimate of drug-likeness (QED) is 0.799. The van der Waals surface area contributed by atoms with Gasteiger partial charge in [-0.3, -0.25) is 0 Å². The van der Waals surface area contributed by atoms with E-state index in [4.69, 9.17) is 9.47 Å².